The lowest BCUT2D eigenvalue weighted by Crippen LogP contribution is -2.10. The van der Waals surface area contributed by atoms with Crippen molar-refractivity contribution in [2.75, 3.05) is 7.11 Å². The van der Waals surface area contributed by atoms with Gasteiger partial charge in [-0.2, -0.15) is 0 Å². The van der Waals surface area contributed by atoms with E-state index in [1.807, 2.05) is 38.1 Å². The molecule has 2 aromatic heterocycles. The van der Waals surface area contributed by atoms with E-state index in [0.29, 0.717) is 29.7 Å². The highest BCUT2D eigenvalue weighted by atomic mass is 16.5. The number of aromatic amines is 2. The maximum atomic E-state index is 11.8. The summed E-state index contributed by atoms with van der Waals surface area (Å²) in [6.07, 6.45) is 1.29. The van der Waals surface area contributed by atoms with E-state index in [1.54, 1.807) is 21.0 Å². The zero-order valence-corrected chi connectivity index (χ0v) is 18.4. The van der Waals surface area contributed by atoms with E-state index in [9.17, 15) is 19.8 Å². The Bertz CT molecular complexity index is 1060. The van der Waals surface area contributed by atoms with Gasteiger partial charge >= 0.3 is 11.9 Å². The highest BCUT2D eigenvalue weighted by Gasteiger charge is 2.30. The number of methoxy groups -OCH3 is 1. The number of ether oxygens (including phenoxy) is 1. The molecule has 31 heavy (non-hydrogen) atoms. The largest absolute Gasteiger partial charge is 0.497 e. The van der Waals surface area contributed by atoms with Crippen LogP contribution in [0.2, 0.25) is 0 Å². The van der Waals surface area contributed by atoms with Crippen LogP contribution in [0.4, 0.5) is 0 Å². The number of H-pyrrole nitrogens is 2. The van der Waals surface area contributed by atoms with Crippen molar-refractivity contribution in [1.29, 1.82) is 0 Å². The summed E-state index contributed by atoms with van der Waals surface area (Å²) < 4.78 is 5.29. The van der Waals surface area contributed by atoms with Gasteiger partial charge in [0.05, 0.1) is 13.0 Å². The normalized spacial score (nSPS) is 11.2. The van der Waals surface area contributed by atoms with Crippen molar-refractivity contribution in [2.45, 2.75) is 46.5 Å². The maximum Gasteiger partial charge on any atom is 0.352 e. The maximum absolute atomic E-state index is 11.8. The van der Waals surface area contributed by atoms with Gasteiger partial charge in [-0.3, -0.25) is 0 Å². The number of nitrogens with one attached hydrogen (secondary N) is 2. The van der Waals surface area contributed by atoms with Gasteiger partial charge in [0.15, 0.2) is 0 Å². The minimum Gasteiger partial charge on any atom is -0.497 e. The summed E-state index contributed by atoms with van der Waals surface area (Å²) in [7, 11) is 1.60. The first-order chi connectivity index (χ1) is 14.7. The number of carbonyl (C=O) groups is 2. The average Bonchev–Trinajstić information content (AvgIpc) is 3.25. The molecule has 0 aliphatic rings. The van der Waals surface area contributed by atoms with E-state index in [1.165, 1.54) is 0 Å². The first-order valence-electron chi connectivity index (χ1n) is 10.3. The molecule has 0 saturated heterocycles. The zero-order chi connectivity index (χ0) is 22.9. The Morgan fingerprint density at radius 3 is 1.61 bits per heavy atom. The van der Waals surface area contributed by atoms with Crippen molar-refractivity contribution in [3.05, 3.63) is 74.9 Å². The summed E-state index contributed by atoms with van der Waals surface area (Å²) >= 11 is 0. The number of hydrogen-bond acceptors (Lipinski definition) is 3. The van der Waals surface area contributed by atoms with E-state index in [2.05, 4.69) is 9.97 Å². The molecule has 0 aliphatic heterocycles. The van der Waals surface area contributed by atoms with E-state index >= 15 is 0 Å². The predicted molar refractivity (Wildman–Crippen MR) is 118 cm³/mol. The topological polar surface area (TPSA) is 115 Å². The number of aromatic nitrogens is 2. The van der Waals surface area contributed by atoms with Crippen LogP contribution in [0.3, 0.4) is 0 Å². The highest BCUT2D eigenvalue weighted by molar-refractivity contribution is 5.89. The van der Waals surface area contributed by atoms with Crippen LogP contribution in [0.1, 0.15) is 79.9 Å². The van der Waals surface area contributed by atoms with Crippen molar-refractivity contribution >= 4 is 11.9 Å². The highest BCUT2D eigenvalue weighted by Crippen LogP contribution is 2.39. The fourth-order valence-corrected chi connectivity index (χ4v) is 4.42. The van der Waals surface area contributed by atoms with E-state index in [0.717, 1.165) is 28.1 Å². The Balaban J connectivity index is 2.35. The third-order valence-corrected chi connectivity index (χ3v) is 5.99. The van der Waals surface area contributed by atoms with Crippen molar-refractivity contribution in [3.63, 3.8) is 0 Å². The van der Waals surface area contributed by atoms with Crippen molar-refractivity contribution in [3.8, 4) is 5.75 Å². The standard InChI is InChI=1S/C24H28N2O5/c1-6-16-12(3)19(23(27)28)25-21(16)18(14-8-10-15(31-5)11-9-14)22-17(7-2)13(4)20(26-22)24(29)30/h8-11,18,25-26H,6-7H2,1-5H3,(H,27,28)(H,29,30). The van der Waals surface area contributed by atoms with Gasteiger partial charge in [0, 0.05) is 11.4 Å². The predicted octanol–water partition coefficient (Wildman–Crippen LogP) is 4.67. The molecule has 7 heteroatoms. The van der Waals surface area contributed by atoms with Gasteiger partial charge in [-0.1, -0.05) is 26.0 Å². The van der Waals surface area contributed by atoms with E-state index in [-0.39, 0.29) is 17.3 Å². The Labute approximate surface area is 181 Å². The Kier molecular flexibility index (Phi) is 6.24. The molecule has 1 aromatic carbocycles. The number of rotatable bonds is 8. The molecule has 0 bridgehead atoms. The molecule has 3 rings (SSSR count). The van der Waals surface area contributed by atoms with Gasteiger partial charge in [-0.05, 0) is 66.6 Å². The Morgan fingerprint density at radius 1 is 0.871 bits per heavy atom. The molecule has 0 saturated carbocycles. The molecule has 164 valence electrons. The average molecular weight is 424 g/mol. The van der Waals surface area contributed by atoms with Crippen LogP contribution in [-0.2, 0) is 12.8 Å². The summed E-state index contributed by atoms with van der Waals surface area (Å²) in [5, 5.41) is 19.4. The molecular formula is C24H28N2O5. The second-order valence-corrected chi connectivity index (χ2v) is 7.56. The van der Waals surface area contributed by atoms with Crippen LogP contribution in [0.25, 0.3) is 0 Å². The van der Waals surface area contributed by atoms with Gasteiger partial charge in [-0.15, -0.1) is 0 Å². The number of hydrogen-bond donors (Lipinski definition) is 4. The van der Waals surface area contributed by atoms with Crippen LogP contribution < -0.4 is 4.74 Å². The number of aromatic carboxylic acids is 2. The second kappa shape index (κ2) is 8.71. The lowest BCUT2D eigenvalue weighted by Gasteiger charge is -2.20. The fourth-order valence-electron chi connectivity index (χ4n) is 4.42. The van der Waals surface area contributed by atoms with Gasteiger partial charge < -0.3 is 24.9 Å². The van der Waals surface area contributed by atoms with Crippen LogP contribution >= 0.6 is 0 Å². The third kappa shape index (κ3) is 3.83. The molecule has 0 aliphatic carbocycles. The van der Waals surface area contributed by atoms with Gasteiger partial charge in [0.1, 0.15) is 17.1 Å². The second-order valence-electron chi connectivity index (χ2n) is 7.56. The molecule has 3 aromatic rings. The third-order valence-electron chi connectivity index (χ3n) is 5.99. The summed E-state index contributed by atoms with van der Waals surface area (Å²) in [6.45, 7) is 7.58. The first kappa shape index (κ1) is 22.2. The van der Waals surface area contributed by atoms with Gasteiger partial charge in [0.2, 0.25) is 0 Å². The number of carboxylic acids is 2. The monoisotopic (exact) mass is 424 g/mol. The summed E-state index contributed by atoms with van der Waals surface area (Å²) in [5.74, 6) is -1.71. The summed E-state index contributed by atoms with van der Waals surface area (Å²) in [6, 6.07) is 7.55. The smallest absolute Gasteiger partial charge is 0.352 e. The molecule has 4 N–H and O–H groups in total. The summed E-state index contributed by atoms with van der Waals surface area (Å²) in [5.41, 5.74) is 5.98. The molecule has 0 unspecified atom stereocenters. The molecular weight excluding hydrogens is 396 g/mol. The Hall–Kier alpha value is -3.48. The molecule has 0 fully saturated rings. The van der Waals surface area contributed by atoms with Gasteiger partial charge in [-0.25, -0.2) is 9.59 Å². The molecule has 7 nitrogen and oxygen atoms in total. The van der Waals surface area contributed by atoms with E-state index in [4.69, 9.17) is 4.74 Å². The number of benzene rings is 1. The number of carboxylic acid groups (broad SMARTS) is 2. The lowest BCUT2D eigenvalue weighted by atomic mass is 9.86. The van der Waals surface area contributed by atoms with Crippen molar-refractivity contribution in [1.82, 2.24) is 9.97 Å². The zero-order valence-electron chi connectivity index (χ0n) is 18.4. The van der Waals surface area contributed by atoms with Crippen molar-refractivity contribution in [2.24, 2.45) is 0 Å². The minimum absolute atomic E-state index is 0.158. The molecule has 0 radical (unpaired) electrons. The molecule has 2 heterocycles. The Morgan fingerprint density at radius 2 is 1.29 bits per heavy atom. The van der Waals surface area contributed by atoms with Crippen LogP contribution in [-0.4, -0.2) is 39.2 Å². The van der Waals surface area contributed by atoms with Crippen LogP contribution in [0.15, 0.2) is 24.3 Å². The van der Waals surface area contributed by atoms with E-state index < -0.39 is 11.9 Å². The SMILES string of the molecule is CCc1c(C(c2ccc(OC)cc2)c2[nH]c(C(=O)O)c(C)c2CC)[nH]c(C(=O)O)c1C. The molecule has 0 atom stereocenters. The van der Waals surface area contributed by atoms with Crippen LogP contribution in [0, 0.1) is 13.8 Å². The fraction of sp³-hybridized carbons (Fsp3) is 0.333. The van der Waals surface area contributed by atoms with Crippen LogP contribution in [0.5, 0.6) is 5.75 Å². The van der Waals surface area contributed by atoms with Crippen molar-refractivity contribution < 1.29 is 24.5 Å². The molecule has 0 amide bonds. The van der Waals surface area contributed by atoms with Gasteiger partial charge in [0.25, 0.3) is 0 Å². The lowest BCUT2D eigenvalue weighted by molar-refractivity contribution is 0.0679. The minimum atomic E-state index is -1.02. The first-order valence-corrected chi connectivity index (χ1v) is 10.3. The molecule has 0 spiro atoms. The quantitative estimate of drug-likeness (QED) is 0.419. The summed E-state index contributed by atoms with van der Waals surface area (Å²) in [4.78, 5) is 29.9.